The lowest BCUT2D eigenvalue weighted by molar-refractivity contribution is 0.373. The Bertz CT molecular complexity index is 699. The molecule has 8 heteroatoms. The zero-order valence-electron chi connectivity index (χ0n) is 10.4. The van der Waals surface area contributed by atoms with Crippen LogP contribution in [0.5, 0.6) is 11.5 Å². The van der Waals surface area contributed by atoms with Crippen molar-refractivity contribution in [1.82, 2.24) is 10.2 Å². The molecule has 0 saturated carbocycles. The summed E-state index contributed by atoms with van der Waals surface area (Å²) in [4.78, 5) is 11.2. The number of halogens is 1. The number of phenolic OH excluding ortho intramolecular Hbond substituents is 1. The minimum Gasteiger partial charge on any atom is -0.504 e. The third-order valence-corrected chi connectivity index (χ3v) is 2.77. The molecule has 2 aromatic rings. The Balaban J connectivity index is 2.12. The average molecular weight is 295 g/mol. The van der Waals surface area contributed by atoms with E-state index < -0.39 is 5.56 Å². The first-order valence-corrected chi connectivity index (χ1v) is 5.89. The Morgan fingerprint density at radius 2 is 2.35 bits per heavy atom. The Morgan fingerprint density at radius 3 is 3.05 bits per heavy atom. The fraction of sp³-hybridized carbons (Fsp3) is 0.0833. The summed E-state index contributed by atoms with van der Waals surface area (Å²) >= 11 is 5.76. The summed E-state index contributed by atoms with van der Waals surface area (Å²) < 4.78 is 4.93. The number of methoxy groups -OCH3 is 1. The van der Waals surface area contributed by atoms with E-state index in [2.05, 4.69) is 20.7 Å². The highest BCUT2D eigenvalue weighted by Crippen LogP contribution is 2.25. The van der Waals surface area contributed by atoms with Gasteiger partial charge in [0.15, 0.2) is 11.5 Å². The molecule has 0 atom stereocenters. The van der Waals surface area contributed by atoms with Crippen molar-refractivity contribution in [2.45, 2.75) is 0 Å². The molecule has 1 heterocycles. The molecule has 0 spiro atoms. The van der Waals surface area contributed by atoms with Gasteiger partial charge in [-0.1, -0.05) is 11.6 Å². The van der Waals surface area contributed by atoms with Crippen molar-refractivity contribution in [2.75, 3.05) is 12.5 Å². The number of nitrogens with zero attached hydrogens (tertiary/aromatic N) is 2. The van der Waals surface area contributed by atoms with Crippen molar-refractivity contribution < 1.29 is 9.84 Å². The highest BCUT2D eigenvalue weighted by molar-refractivity contribution is 6.32. The van der Waals surface area contributed by atoms with Crippen LogP contribution >= 0.6 is 11.6 Å². The third-order valence-electron chi connectivity index (χ3n) is 2.40. The van der Waals surface area contributed by atoms with E-state index in [1.165, 1.54) is 25.6 Å². The maximum Gasteiger partial charge on any atom is 0.285 e. The number of phenols is 1. The van der Waals surface area contributed by atoms with Gasteiger partial charge in [0.2, 0.25) is 0 Å². The first-order chi connectivity index (χ1) is 9.61. The fourth-order valence-electron chi connectivity index (χ4n) is 1.43. The van der Waals surface area contributed by atoms with Crippen LogP contribution in [-0.2, 0) is 0 Å². The van der Waals surface area contributed by atoms with Gasteiger partial charge in [-0.05, 0) is 23.8 Å². The van der Waals surface area contributed by atoms with Crippen molar-refractivity contribution in [3.05, 3.63) is 45.3 Å². The highest BCUT2D eigenvalue weighted by atomic mass is 35.5. The molecule has 0 aliphatic heterocycles. The van der Waals surface area contributed by atoms with E-state index >= 15 is 0 Å². The van der Waals surface area contributed by atoms with Gasteiger partial charge in [-0.25, -0.2) is 5.10 Å². The molecule has 3 N–H and O–H groups in total. The predicted octanol–water partition coefficient (Wildman–Crippen LogP) is 1.58. The number of H-pyrrole nitrogens is 1. The highest BCUT2D eigenvalue weighted by Gasteiger charge is 2.03. The molecule has 20 heavy (non-hydrogen) atoms. The summed E-state index contributed by atoms with van der Waals surface area (Å²) in [7, 11) is 1.46. The van der Waals surface area contributed by atoms with Gasteiger partial charge in [0.25, 0.3) is 5.56 Å². The molecule has 2 rings (SSSR count). The first kappa shape index (κ1) is 13.9. The Labute approximate surface area is 118 Å². The van der Waals surface area contributed by atoms with Gasteiger partial charge in [-0.2, -0.15) is 10.2 Å². The number of ether oxygens (including phenoxy) is 1. The van der Waals surface area contributed by atoms with Gasteiger partial charge < -0.3 is 9.84 Å². The average Bonchev–Trinajstić information content (AvgIpc) is 2.44. The minimum absolute atomic E-state index is 0.00676. The van der Waals surface area contributed by atoms with Gasteiger partial charge in [-0.3, -0.25) is 10.2 Å². The molecule has 1 aromatic heterocycles. The quantitative estimate of drug-likeness (QED) is 0.587. The molecule has 0 unspecified atom stereocenters. The largest absolute Gasteiger partial charge is 0.504 e. The van der Waals surface area contributed by atoms with E-state index in [9.17, 15) is 9.90 Å². The second-order valence-electron chi connectivity index (χ2n) is 3.73. The number of anilines is 1. The van der Waals surface area contributed by atoms with E-state index in [1.807, 2.05) is 0 Å². The molecule has 1 aromatic carbocycles. The van der Waals surface area contributed by atoms with Gasteiger partial charge in [0.05, 0.1) is 19.5 Å². The topological polar surface area (TPSA) is 99.6 Å². The number of nitrogens with one attached hydrogen (secondary N) is 2. The molecule has 104 valence electrons. The van der Waals surface area contributed by atoms with Crippen LogP contribution in [0.2, 0.25) is 5.02 Å². The Morgan fingerprint density at radius 1 is 1.55 bits per heavy atom. The number of hydrogen-bond acceptors (Lipinski definition) is 6. The molecule has 0 bridgehead atoms. The van der Waals surface area contributed by atoms with Gasteiger partial charge in [0, 0.05) is 0 Å². The van der Waals surface area contributed by atoms with Crippen LogP contribution in [0.15, 0.2) is 34.3 Å². The second kappa shape index (κ2) is 6.07. The molecular formula is C12H11ClN4O3. The van der Waals surface area contributed by atoms with E-state index in [0.29, 0.717) is 11.3 Å². The molecule has 0 fully saturated rings. The maximum absolute atomic E-state index is 11.2. The van der Waals surface area contributed by atoms with Crippen LogP contribution in [-0.4, -0.2) is 28.6 Å². The lowest BCUT2D eigenvalue weighted by atomic mass is 10.2. The normalized spacial score (nSPS) is 10.7. The predicted molar refractivity (Wildman–Crippen MR) is 75.7 cm³/mol. The van der Waals surface area contributed by atoms with Crippen molar-refractivity contribution in [1.29, 1.82) is 0 Å². The molecule has 0 amide bonds. The first-order valence-electron chi connectivity index (χ1n) is 5.51. The van der Waals surface area contributed by atoms with Crippen LogP contribution in [0.4, 0.5) is 5.69 Å². The monoisotopic (exact) mass is 294 g/mol. The summed E-state index contributed by atoms with van der Waals surface area (Å²) in [6.45, 7) is 0. The van der Waals surface area contributed by atoms with Gasteiger partial charge in [0.1, 0.15) is 10.7 Å². The van der Waals surface area contributed by atoms with E-state index in [-0.39, 0.29) is 16.5 Å². The summed E-state index contributed by atoms with van der Waals surface area (Å²) in [6.07, 6.45) is 2.79. The molecule has 7 nitrogen and oxygen atoms in total. The maximum atomic E-state index is 11.2. The Hall–Kier alpha value is -2.54. The van der Waals surface area contributed by atoms with Crippen LogP contribution < -0.4 is 15.7 Å². The van der Waals surface area contributed by atoms with E-state index in [4.69, 9.17) is 16.3 Å². The molecular weight excluding hydrogens is 284 g/mol. The zero-order valence-corrected chi connectivity index (χ0v) is 11.2. The van der Waals surface area contributed by atoms with Crippen LogP contribution in [0.25, 0.3) is 0 Å². The number of hydrazone groups is 1. The van der Waals surface area contributed by atoms with Crippen molar-refractivity contribution in [2.24, 2.45) is 5.10 Å². The number of benzene rings is 1. The lowest BCUT2D eigenvalue weighted by Crippen LogP contribution is -2.10. The lowest BCUT2D eigenvalue weighted by Gasteiger charge is -2.03. The fourth-order valence-corrected chi connectivity index (χ4v) is 1.56. The van der Waals surface area contributed by atoms with E-state index in [1.54, 1.807) is 12.1 Å². The minimum atomic E-state index is -0.506. The van der Waals surface area contributed by atoms with Gasteiger partial charge in [-0.15, -0.1) is 0 Å². The van der Waals surface area contributed by atoms with Crippen LogP contribution in [0, 0.1) is 0 Å². The van der Waals surface area contributed by atoms with Crippen LogP contribution in [0.1, 0.15) is 5.56 Å². The molecule has 0 aliphatic carbocycles. The summed E-state index contributed by atoms with van der Waals surface area (Å²) in [5, 5.41) is 19.3. The summed E-state index contributed by atoms with van der Waals surface area (Å²) in [6, 6.07) is 4.81. The molecule has 0 radical (unpaired) electrons. The smallest absolute Gasteiger partial charge is 0.285 e. The van der Waals surface area contributed by atoms with Crippen molar-refractivity contribution in [3.63, 3.8) is 0 Å². The van der Waals surface area contributed by atoms with Crippen molar-refractivity contribution >= 4 is 23.5 Å². The number of aromatic nitrogens is 2. The number of rotatable bonds is 4. The third kappa shape index (κ3) is 3.07. The second-order valence-corrected chi connectivity index (χ2v) is 4.11. The Kier molecular flexibility index (Phi) is 4.21. The standard InChI is InChI=1S/C12H11ClN4O3/c1-20-10-3-2-7(4-9(10)18)5-14-16-8-6-15-17-12(19)11(8)13/h2-6,18H,1H3,(H2,16,17,19)/b14-5-. The summed E-state index contributed by atoms with van der Waals surface area (Å²) in [5.74, 6) is 0.379. The molecule has 0 aliphatic rings. The summed E-state index contributed by atoms with van der Waals surface area (Å²) in [5.41, 5.74) is 3.01. The van der Waals surface area contributed by atoms with Crippen LogP contribution in [0.3, 0.4) is 0 Å². The van der Waals surface area contributed by atoms with Gasteiger partial charge >= 0.3 is 0 Å². The zero-order chi connectivity index (χ0) is 14.5. The SMILES string of the molecule is COc1ccc(/C=N\Nc2cn[nH]c(=O)c2Cl)cc1O. The van der Waals surface area contributed by atoms with Crippen molar-refractivity contribution in [3.8, 4) is 11.5 Å². The number of aromatic hydroxyl groups is 1. The van der Waals surface area contributed by atoms with E-state index in [0.717, 1.165) is 0 Å². The number of aromatic amines is 1. The molecule has 0 saturated heterocycles. The number of hydrogen-bond donors (Lipinski definition) is 3.